The maximum Gasteiger partial charge on any atom is 0.0879 e. The highest BCUT2D eigenvalue weighted by Gasteiger charge is 2.29. The van der Waals surface area contributed by atoms with Crippen molar-refractivity contribution in [3.05, 3.63) is 35.2 Å². The molecule has 1 fully saturated rings. The van der Waals surface area contributed by atoms with Crippen LogP contribution in [0.25, 0.3) is 10.1 Å². The Labute approximate surface area is 131 Å². The normalized spacial score (nSPS) is 23.0. The first kappa shape index (κ1) is 15.0. The van der Waals surface area contributed by atoms with E-state index >= 15 is 0 Å². The molecule has 3 rings (SSSR count). The molecule has 2 unspecified atom stereocenters. The Hall–Kier alpha value is -0.900. The van der Waals surface area contributed by atoms with Gasteiger partial charge in [-0.25, -0.2) is 0 Å². The van der Waals surface area contributed by atoms with Crippen molar-refractivity contribution in [2.45, 2.75) is 32.8 Å². The fourth-order valence-electron chi connectivity index (χ4n) is 3.17. The molecular weight excluding hydrogens is 278 g/mol. The van der Waals surface area contributed by atoms with Gasteiger partial charge >= 0.3 is 0 Å². The van der Waals surface area contributed by atoms with E-state index in [-0.39, 0.29) is 6.10 Å². The van der Waals surface area contributed by atoms with Gasteiger partial charge in [-0.05, 0) is 47.7 Å². The lowest BCUT2D eigenvalue weighted by Crippen LogP contribution is -2.33. The molecular formula is C18H25NOS. The Bertz CT molecular complexity index is 577. The molecule has 0 spiro atoms. The molecule has 0 radical (unpaired) electrons. The van der Waals surface area contributed by atoms with E-state index < -0.39 is 0 Å². The standard InChI is InChI=1S/C18H25NOS/c1-13(2)10-19-11-14-6-5-9-20-18(14)16-12-21-17-8-4-3-7-15(16)17/h3-4,7-8,12-14,18-19H,5-6,9-11H2,1-2H3. The lowest BCUT2D eigenvalue weighted by Gasteiger charge is -2.32. The van der Waals surface area contributed by atoms with Gasteiger partial charge in [0.15, 0.2) is 0 Å². The highest BCUT2D eigenvalue weighted by atomic mass is 32.1. The summed E-state index contributed by atoms with van der Waals surface area (Å²) >= 11 is 1.84. The average molecular weight is 303 g/mol. The molecule has 1 aromatic heterocycles. The summed E-state index contributed by atoms with van der Waals surface area (Å²) in [7, 11) is 0. The number of ether oxygens (including phenoxy) is 1. The van der Waals surface area contributed by atoms with Gasteiger partial charge in [0.1, 0.15) is 0 Å². The molecule has 0 aliphatic carbocycles. The number of hydrogen-bond donors (Lipinski definition) is 1. The molecule has 2 atom stereocenters. The first-order chi connectivity index (χ1) is 10.3. The first-order valence-corrected chi connectivity index (χ1v) is 8.92. The van der Waals surface area contributed by atoms with Crippen molar-refractivity contribution in [3.8, 4) is 0 Å². The lowest BCUT2D eigenvalue weighted by molar-refractivity contribution is -0.0268. The topological polar surface area (TPSA) is 21.3 Å². The molecule has 1 aliphatic rings. The summed E-state index contributed by atoms with van der Waals surface area (Å²) < 4.78 is 7.54. The van der Waals surface area contributed by atoms with Crippen molar-refractivity contribution in [2.75, 3.05) is 19.7 Å². The quantitative estimate of drug-likeness (QED) is 0.870. The van der Waals surface area contributed by atoms with Crippen molar-refractivity contribution in [2.24, 2.45) is 11.8 Å². The molecule has 0 amide bonds. The first-order valence-electron chi connectivity index (χ1n) is 8.04. The van der Waals surface area contributed by atoms with Crippen molar-refractivity contribution >= 4 is 21.4 Å². The number of fused-ring (bicyclic) bond motifs is 1. The summed E-state index contributed by atoms with van der Waals surface area (Å²) in [6, 6.07) is 8.69. The van der Waals surface area contributed by atoms with Gasteiger partial charge < -0.3 is 10.1 Å². The van der Waals surface area contributed by atoms with Crippen LogP contribution in [0, 0.1) is 11.8 Å². The minimum Gasteiger partial charge on any atom is -0.373 e. The molecule has 1 N–H and O–H groups in total. The zero-order chi connectivity index (χ0) is 14.7. The molecule has 1 aromatic carbocycles. The van der Waals surface area contributed by atoms with Gasteiger partial charge in [0, 0.05) is 23.8 Å². The molecule has 2 heterocycles. The third-order valence-corrected chi connectivity index (χ3v) is 5.20. The predicted octanol–water partition coefficient (Wildman–Crippen LogP) is 4.61. The van der Waals surface area contributed by atoms with Gasteiger partial charge in [0.05, 0.1) is 6.10 Å². The number of nitrogens with one attached hydrogen (secondary N) is 1. The van der Waals surface area contributed by atoms with Crippen LogP contribution in [0.1, 0.15) is 38.4 Å². The third kappa shape index (κ3) is 3.47. The molecule has 114 valence electrons. The Morgan fingerprint density at radius 2 is 2.19 bits per heavy atom. The molecule has 0 saturated carbocycles. The van der Waals surface area contributed by atoms with E-state index in [0.29, 0.717) is 11.8 Å². The molecule has 21 heavy (non-hydrogen) atoms. The van der Waals surface area contributed by atoms with E-state index in [1.165, 1.54) is 28.5 Å². The van der Waals surface area contributed by atoms with E-state index in [1.54, 1.807) is 0 Å². The third-order valence-electron chi connectivity index (χ3n) is 4.22. The molecule has 1 saturated heterocycles. The van der Waals surface area contributed by atoms with Crippen LogP contribution >= 0.6 is 11.3 Å². The Morgan fingerprint density at radius 3 is 3.05 bits per heavy atom. The average Bonchev–Trinajstić information content (AvgIpc) is 2.91. The number of rotatable bonds is 5. The largest absolute Gasteiger partial charge is 0.373 e. The van der Waals surface area contributed by atoms with Gasteiger partial charge in [0.25, 0.3) is 0 Å². The SMILES string of the molecule is CC(C)CNCC1CCCOC1c1csc2ccccc12. The van der Waals surface area contributed by atoms with Crippen molar-refractivity contribution in [3.63, 3.8) is 0 Å². The summed E-state index contributed by atoms with van der Waals surface area (Å²) in [6.07, 6.45) is 2.71. The maximum absolute atomic E-state index is 6.17. The Kier molecular flexibility index (Phi) is 4.94. The highest BCUT2D eigenvalue weighted by Crippen LogP contribution is 2.39. The summed E-state index contributed by atoms with van der Waals surface area (Å²) in [5, 5.41) is 7.30. The van der Waals surface area contributed by atoms with Crippen molar-refractivity contribution < 1.29 is 4.74 Å². The van der Waals surface area contributed by atoms with E-state index in [0.717, 1.165) is 19.7 Å². The highest BCUT2D eigenvalue weighted by molar-refractivity contribution is 7.17. The van der Waals surface area contributed by atoms with Gasteiger partial charge in [-0.2, -0.15) is 0 Å². The van der Waals surface area contributed by atoms with Crippen molar-refractivity contribution in [1.82, 2.24) is 5.32 Å². The molecule has 2 nitrogen and oxygen atoms in total. The van der Waals surface area contributed by atoms with Gasteiger partial charge in [0.2, 0.25) is 0 Å². The van der Waals surface area contributed by atoms with Gasteiger partial charge in [-0.1, -0.05) is 32.0 Å². The van der Waals surface area contributed by atoms with E-state index in [2.05, 4.69) is 48.8 Å². The Balaban J connectivity index is 1.77. The summed E-state index contributed by atoms with van der Waals surface area (Å²) in [5.74, 6) is 1.30. The van der Waals surface area contributed by atoms with Crippen LogP contribution in [-0.4, -0.2) is 19.7 Å². The number of thiophene rings is 1. The summed E-state index contributed by atoms with van der Waals surface area (Å²) in [4.78, 5) is 0. The second-order valence-electron chi connectivity index (χ2n) is 6.43. The van der Waals surface area contributed by atoms with E-state index in [9.17, 15) is 0 Å². The number of benzene rings is 1. The number of hydrogen-bond acceptors (Lipinski definition) is 3. The van der Waals surface area contributed by atoms with Crippen LogP contribution in [0.15, 0.2) is 29.6 Å². The lowest BCUT2D eigenvalue weighted by atomic mass is 9.89. The van der Waals surface area contributed by atoms with E-state index in [4.69, 9.17) is 4.74 Å². The molecule has 0 bridgehead atoms. The minimum absolute atomic E-state index is 0.259. The Morgan fingerprint density at radius 1 is 1.33 bits per heavy atom. The zero-order valence-corrected chi connectivity index (χ0v) is 13.8. The van der Waals surface area contributed by atoms with E-state index in [1.807, 2.05) is 11.3 Å². The summed E-state index contributed by atoms with van der Waals surface area (Å²) in [5.41, 5.74) is 1.40. The zero-order valence-electron chi connectivity index (χ0n) is 13.0. The van der Waals surface area contributed by atoms with Crippen LogP contribution in [0.5, 0.6) is 0 Å². The van der Waals surface area contributed by atoms with Crippen LogP contribution < -0.4 is 5.32 Å². The molecule has 2 aromatic rings. The monoisotopic (exact) mass is 303 g/mol. The van der Waals surface area contributed by atoms with Gasteiger partial charge in [-0.15, -0.1) is 11.3 Å². The summed E-state index contributed by atoms with van der Waals surface area (Å²) in [6.45, 7) is 7.57. The van der Waals surface area contributed by atoms with Crippen LogP contribution in [0.3, 0.4) is 0 Å². The predicted molar refractivity (Wildman–Crippen MR) is 90.9 cm³/mol. The fraction of sp³-hybridized carbons (Fsp3) is 0.556. The van der Waals surface area contributed by atoms with Crippen LogP contribution in [-0.2, 0) is 4.74 Å². The minimum atomic E-state index is 0.259. The van der Waals surface area contributed by atoms with Crippen molar-refractivity contribution in [1.29, 1.82) is 0 Å². The molecule has 3 heteroatoms. The fourth-order valence-corrected chi connectivity index (χ4v) is 4.16. The van der Waals surface area contributed by atoms with Gasteiger partial charge in [-0.3, -0.25) is 0 Å². The second kappa shape index (κ2) is 6.91. The van der Waals surface area contributed by atoms with Crippen LogP contribution in [0.2, 0.25) is 0 Å². The molecule has 1 aliphatic heterocycles. The van der Waals surface area contributed by atoms with Crippen LogP contribution in [0.4, 0.5) is 0 Å². The second-order valence-corrected chi connectivity index (χ2v) is 7.34. The smallest absolute Gasteiger partial charge is 0.0879 e. The maximum atomic E-state index is 6.17.